The first-order valence-electron chi connectivity index (χ1n) is 12.5. The number of methoxy groups -OCH3 is 2. The van der Waals surface area contributed by atoms with Crippen molar-refractivity contribution in [1.82, 2.24) is 10.4 Å². The summed E-state index contributed by atoms with van der Waals surface area (Å²) in [6.45, 7) is 7.36. The van der Waals surface area contributed by atoms with Crippen molar-refractivity contribution >= 4 is 34.1 Å². The predicted molar refractivity (Wildman–Crippen MR) is 154 cm³/mol. The number of ether oxygens (including phenoxy) is 2. The fourth-order valence-corrected chi connectivity index (χ4v) is 3.91. The van der Waals surface area contributed by atoms with Crippen LogP contribution < -0.4 is 20.2 Å². The van der Waals surface area contributed by atoms with Gasteiger partial charge in [0, 0.05) is 22.1 Å². The lowest BCUT2D eigenvalue weighted by Gasteiger charge is -2.18. The van der Waals surface area contributed by atoms with Gasteiger partial charge in [-0.1, -0.05) is 51.1 Å². The molecule has 0 atom stereocenters. The van der Waals surface area contributed by atoms with Crippen LogP contribution in [-0.2, 0) is 4.79 Å². The zero-order valence-electron chi connectivity index (χ0n) is 23.0. The number of amides is 2. The number of fused-ring (bicyclic) bond motifs is 1. The van der Waals surface area contributed by atoms with Crippen molar-refractivity contribution in [3.05, 3.63) is 83.9 Å². The summed E-state index contributed by atoms with van der Waals surface area (Å²) in [5.41, 5.74) is 6.70. The Hall–Kier alpha value is -4.72. The number of anilines is 1. The van der Waals surface area contributed by atoms with Gasteiger partial charge in [-0.3, -0.25) is 9.59 Å². The summed E-state index contributed by atoms with van der Waals surface area (Å²) in [7, 11) is 3.15. The average Bonchev–Trinajstić information content (AvgIpc) is 2.94. The molecular weight excluding hydrogens is 492 g/mol. The second kappa shape index (κ2) is 11.3. The molecule has 2 N–H and O–H groups in total. The molecule has 0 aliphatic heterocycles. The van der Waals surface area contributed by atoms with Crippen LogP contribution in [0.1, 0.15) is 43.6 Å². The van der Waals surface area contributed by atoms with Crippen LogP contribution in [0.15, 0.2) is 77.9 Å². The van der Waals surface area contributed by atoms with Crippen molar-refractivity contribution in [3.63, 3.8) is 0 Å². The number of carbonyl (C=O) groups is 2. The van der Waals surface area contributed by atoms with E-state index in [9.17, 15) is 9.59 Å². The third-order valence-corrected chi connectivity index (χ3v) is 6.18. The van der Waals surface area contributed by atoms with E-state index < -0.39 is 5.41 Å². The Morgan fingerprint density at radius 1 is 0.872 bits per heavy atom. The van der Waals surface area contributed by atoms with Gasteiger partial charge < -0.3 is 14.8 Å². The van der Waals surface area contributed by atoms with Crippen LogP contribution in [0, 0.1) is 5.41 Å². The second-order valence-corrected chi connectivity index (χ2v) is 10.1. The molecule has 0 unspecified atom stereocenters. The van der Waals surface area contributed by atoms with Crippen molar-refractivity contribution in [3.8, 4) is 22.8 Å². The number of nitrogens with zero attached hydrogens (tertiary/aromatic N) is 2. The number of hydrogen-bond acceptors (Lipinski definition) is 6. The number of para-hydroxylation sites is 1. The van der Waals surface area contributed by atoms with Crippen molar-refractivity contribution in [2.75, 3.05) is 19.5 Å². The van der Waals surface area contributed by atoms with Gasteiger partial charge in [-0.25, -0.2) is 10.4 Å². The van der Waals surface area contributed by atoms with Crippen LogP contribution >= 0.6 is 0 Å². The lowest BCUT2D eigenvalue weighted by Crippen LogP contribution is -2.27. The first-order valence-corrected chi connectivity index (χ1v) is 12.5. The predicted octanol–water partition coefficient (Wildman–Crippen LogP) is 6.06. The van der Waals surface area contributed by atoms with E-state index in [1.807, 2.05) is 81.4 Å². The van der Waals surface area contributed by atoms with Gasteiger partial charge in [0.15, 0.2) is 11.5 Å². The Morgan fingerprint density at radius 3 is 2.33 bits per heavy atom. The molecule has 8 nitrogen and oxygen atoms in total. The summed E-state index contributed by atoms with van der Waals surface area (Å²) in [5, 5.41) is 7.97. The van der Waals surface area contributed by atoms with Gasteiger partial charge in [-0.2, -0.15) is 5.10 Å². The molecule has 0 spiro atoms. The lowest BCUT2D eigenvalue weighted by atomic mass is 9.95. The molecule has 3 aromatic carbocycles. The normalized spacial score (nSPS) is 11.7. The highest BCUT2D eigenvalue weighted by atomic mass is 16.5. The van der Waals surface area contributed by atoms with Gasteiger partial charge in [0.05, 0.1) is 36.7 Å². The highest BCUT2D eigenvalue weighted by molar-refractivity contribution is 6.08. The van der Waals surface area contributed by atoms with Crippen molar-refractivity contribution < 1.29 is 19.1 Å². The quantitative estimate of drug-likeness (QED) is 0.226. The van der Waals surface area contributed by atoms with Crippen molar-refractivity contribution in [1.29, 1.82) is 0 Å². The molecule has 4 rings (SSSR count). The van der Waals surface area contributed by atoms with E-state index in [4.69, 9.17) is 14.5 Å². The number of hydrogen-bond donors (Lipinski definition) is 2. The first kappa shape index (κ1) is 27.3. The number of benzene rings is 3. The Morgan fingerprint density at radius 2 is 1.62 bits per heavy atom. The minimum absolute atomic E-state index is 0.0857. The van der Waals surface area contributed by atoms with Crippen molar-refractivity contribution in [2.24, 2.45) is 10.5 Å². The summed E-state index contributed by atoms with van der Waals surface area (Å²) in [6, 6.07) is 22.0. The molecule has 0 fully saturated rings. The molecule has 1 aromatic heterocycles. The van der Waals surface area contributed by atoms with Crippen molar-refractivity contribution in [2.45, 2.75) is 27.7 Å². The SMILES string of the molecule is COc1ccc(-c2cc(C(=O)NN=C(C)c3cccc(NC(=O)C(C)(C)C)c3)c3ccccc3n2)cc1OC. The monoisotopic (exact) mass is 524 g/mol. The standard InChI is InChI=1S/C31H32N4O4/c1-19(20-10-9-11-22(16-20)32-30(37)31(2,3)4)34-35-29(36)24-18-26(33-25-13-8-7-12-23(24)25)21-14-15-27(38-5)28(17-21)39-6/h7-18H,1-6H3,(H,32,37)(H,35,36). The molecule has 0 saturated carbocycles. The fraction of sp³-hybridized carbons (Fsp3) is 0.226. The fourth-order valence-electron chi connectivity index (χ4n) is 3.91. The van der Waals surface area contributed by atoms with E-state index in [1.165, 1.54) is 0 Å². The van der Waals surface area contributed by atoms with Crippen LogP contribution in [0.2, 0.25) is 0 Å². The van der Waals surface area contributed by atoms with Crippen LogP contribution in [0.25, 0.3) is 22.2 Å². The maximum Gasteiger partial charge on any atom is 0.272 e. The Bertz CT molecular complexity index is 1570. The third kappa shape index (κ3) is 6.23. The summed E-state index contributed by atoms with van der Waals surface area (Å²) in [5.74, 6) is 0.716. The number of nitrogens with one attached hydrogen (secondary N) is 2. The van der Waals surface area contributed by atoms with Crippen LogP contribution in [0.5, 0.6) is 11.5 Å². The molecule has 0 bridgehead atoms. The average molecular weight is 525 g/mol. The van der Waals surface area contributed by atoms with Gasteiger partial charge in [0.2, 0.25) is 5.91 Å². The van der Waals surface area contributed by atoms with Gasteiger partial charge >= 0.3 is 0 Å². The number of hydrazone groups is 1. The van der Waals surface area contributed by atoms with E-state index in [1.54, 1.807) is 33.3 Å². The molecule has 200 valence electrons. The minimum Gasteiger partial charge on any atom is -0.493 e. The van der Waals surface area contributed by atoms with E-state index in [2.05, 4.69) is 15.8 Å². The molecular formula is C31H32N4O4. The smallest absolute Gasteiger partial charge is 0.272 e. The zero-order valence-corrected chi connectivity index (χ0v) is 23.0. The Balaban J connectivity index is 1.63. The summed E-state index contributed by atoms with van der Waals surface area (Å²) < 4.78 is 10.8. The van der Waals surface area contributed by atoms with E-state index in [0.717, 1.165) is 11.1 Å². The highest BCUT2D eigenvalue weighted by Crippen LogP contribution is 2.33. The molecule has 0 aliphatic rings. The largest absolute Gasteiger partial charge is 0.493 e. The maximum absolute atomic E-state index is 13.4. The second-order valence-electron chi connectivity index (χ2n) is 10.1. The summed E-state index contributed by atoms with van der Waals surface area (Å²) >= 11 is 0. The topological polar surface area (TPSA) is 102 Å². The summed E-state index contributed by atoms with van der Waals surface area (Å²) in [4.78, 5) is 30.5. The molecule has 0 aliphatic carbocycles. The molecule has 2 amide bonds. The molecule has 0 radical (unpaired) electrons. The lowest BCUT2D eigenvalue weighted by molar-refractivity contribution is -0.123. The Kier molecular flexibility index (Phi) is 7.95. The Labute approximate surface area is 228 Å². The zero-order chi connectivity index (χ0) is 28.2. The molecule has 0 saturated heterocycles. The van der Waals surface area contributed by atoms with Crippen LogP contribution in [0.3, 0.4) is 0 Å². The van der Waals surface area contributed by atoms with Gasteiger partial charge in [0.1, 0.15) is 0 Å². The number of carbonyl (C=O) groups excluding carboxylic acids is 2. The highest BCUT2D eigenvalue weighted by Gasteiger charge is 2.21. The van der Waals surface area contributed by atoms with Crippen LogP contribution in [-0.4, -0.2) is 36.7 Å². The number of pyridine rings is 1. The van der Waals surface area contributed by atoms with Crippen LogP contribution in [0.4, 0.5) is 5.69 Å². The van der Waals surface area contributed by atoms with E-state index in [-0.39, 0.29) is 11.8 Å². The third-order valence-electron chi connectivity index (χ3n) is 6.18. The van der Waals surface area contributed by atoms with E-state index >= 15 is 0 Å². The molecule has 1 heterocycles. The number of aromatic nitrogens is 1. The molecule has 8 heteroatoms. The summed E-state index contributed by atoms with van der Waals surface area (Å²) in [6.07, 6.45) is 0. The first-order chi connectivity index (χ1) is 18.6. The maximum atomic E-state index is 13.4. The minimum atomic E-state index is -0.518. The molecule has 39 heavy (non-hydrogen) atoms. The van der Waals surface area contributed by atoms with Gasteiger partial charge in [-0.05, 0) is 55.0 Å². The van der Waals surface area contributed by atoms with E-state index in [0.29, 0.717) is 45.1 Å². The molecule has 4 aromatic rings. The van der Waals surface area contributed by atoms with Gasteiger partial charge in [-0.15, -0.1) is 0 Å². The van der Waals surface area contributed by atoms with Gasteiger partial charge in [0.25, 0.3) is 5.91 Å². The number of rotatable bonds is 7.